The number of amides is 2. The SMILES string of the molecule is Cc1ccc(C(CCC(C)C)NC(=O)Cc2ccc3oc(C(OCC(N)=O)c4c(C)noc4C)cc3c2)c(C)c1. The molecule has 212 valence electrons. The summed E-state index contributed by atoms with van der Waals surface area (Å²) in [6.45, 7) is 11.9. The van der Waals surface area contributed by atoms with Crippen molar-refractivity contribution in [1.29, 1.82) is 0 Å². The van der Waals surface area contributed by atoms with Gasteiger partial charge in [0.05, 0.1) is 23.7 Å². The molecule has 2 heterocycles. The molecule has 0 fully saturated rings. The van der Waals surface area contributed by atoms with E-state index in [0.717, 1.165) is 29.4 Å². The smallest absolute Gasteiger partial charge is 0.243 e. The number of carbonyl (C=O) groups is 2. The van der Waals surface area contributed by atoms with E-state index >= 15 is 0 Å². The normalized spacial score (nSPS) is 13.1. The predicted molar refractivity (Wildman–Crippen MR) is 154 cm³/mol. The Morgan fingerprint density at radius 3 is 2.45 bits per heavy atom. The molecule has 0 saturated heterocycles. The molecule has 4 rings (SSSR count). The van der Waals surface area contributed by atoms with E-state index in [0.29, 0.717) is 34.3 Å². The van der Waals surface area contributed by atoms with Crippen LogP contribution in [0.5, 0.6) is 0 Å². The Labute approximate surface area is 235 Å². The number of hydrogen-bond donors (Lipinski definition) is 2. The first-order valence-corrected chi connectivity index (χ1v) is 13.7. The lowest BCUT2D eigenvalue weighted by Crippen LogP contribution is -2.30. The van der Waals surface area contributed by atoms with Crippen molar-refractivity contribution in [3.63, 3.8) is 0 Å². The molecule has 2 aromatic carbocycles. The maximum absolute atomic E-state index is 13.2. The second-order valence-electron chi connectivity index (χ2n) is 11.0. The summed E-state index contributed by atoms with van der Waals surface area (Å²) in [7, 11) is 0. The Kier molecular flexibility index (Phi) is 9.10. The first-order chi connectivity index (χ1) is 19.0. The molecule has 0 bridgehead atoms. The van der Waals surface area contributed by atoms with Crippen LogP contribution in [0, 0.1) is 33.6 Å². The minimum absolute atomic E-state index is 0.0322. The highest BCUT2D eigenvalue weighted by molar-refractivity contribution is 5.83. The number of furan rings is 1. The van der Waals surface area contributed by atoms with E-state index in [2.05, 4.69) is 56.4 Å². The van der Waals surface area contributed by atoms with Crippen molar-refractivity contribution in [3.8, 4) is 0 Å². The minimum Gasteiger partial charge on any atom is -0.458 e. The number of aromatic nitrogens is 1. The highest BCUT2D eigenvalue weighted by atomic mass is 16.5. The van der Waals surface area contributed by atoms with Gasteiger partial charge in [0.15, 0.2) is 0 Å². The second kappa shape index (κ2) is 12.5. The van der Waals surface area contributed by atoms with E-state index in [9.17, 15) is 9.59 Å². The fraction of sp³-hybridized carbons (Fsp3) is 0.406. The van der Waals surface area contributed by atoms with Gasteiger partial charge in [0, 0.05) is 5.39 Å². The van der Waals surface area contributed by atoms with E-state index in [1.165, 1.54) is 11.1 Å². The molecule has 40 heavy (non-hydrogen) atoms. The summed E-state index contributed by atoms with van der Waals surface area (Å²) in [6, 6.07) is 13.9. The lowest BCUT2D eigenvalue weighted by molar-refractivity contribution is -0.124. The van der Waals surface area contributed by atoms with E-state index < -0.39 is 12.0 Å². The van der Waals surface area contributed by atoms with Crippen LogP contribution in [0.3, 0.4) is 0 Å². The summed E-state index contributed by atoms with van der Waals surface area (Å²) >= 11 is 0. The monoisotopic (exact) mass is 545 g/mol. The quantitative estimate of drug-likeness (QED) is 0.222. The molecule has 2 amide bonds. The van der Waals surface area contributed by atoms with Gasteiger partial charge in [0.25, 0.3) is 0 Å². The van der Waals surface area contributed by atoms with Crippen molar-refractivity contribution in [2.75, 3.05) is 6.61 Å². The highest BCUT2D eigenvalue weighted by Gasteiger charge is 2.27. The number of hydrogen-bond acceptors (Lipinski definition) is 6. The number of rotatable bonds is 12. The zero-order valence-corrected chi connectivity index (χ0v) is 24.2. The highest BCUT2D eigenvalue weighted by Crippen LogP contribution is 2.35. The van der Waals surface area contributed by atoms with Crippen molar-refractivity contribution in [1.82, 2.24) is 10.5 Å². The van der Waals surface area contributed by atoms with Crippen LogP contribution in [-0.4, -0.2) is 23.6 Å². The van der Waals surface area contributed by atoms with Crippen molar-refractivity contribution in [3.05, 3.63) is 87.5 Å². The summed E-state index contributed by atoms with van der Waals surface area (Å²) in [5.74, 6) is 0.990. The Bertz CT molecular complexity index is 1480. The Hall–Kier alpha value is -3.91. The molecule has 0 spiro atoms. The van der Waals surface area contributed by atoms with E-state index in [1.807, 2.05) is 24.3 Å². The van der Waals surface area contributed by atoms with Crippen molar-refractivity contribution >= 4 is 22.8 Å². The molecule has 0 saturated carbocycles. The topological polar surface area (TPSA) is 121 Å². The van der Waals surface area contributed by atoms with Gasteiger partial charge in [-0.05, 0) is 81.3 Å². The van der Waals surface area contributed by atoms with Crippen LogP contribution in [0.25, 0.3) is 11.0 Å². The summed E-state index contributed by atoms with van der Waals surface area (Å²) in [4.78, 5) is 24.7. The molecule has 0 aliphatic heterocycles. The van der Waals surface area contributed by atoms with Gasteiger partial charge in [0.1, 0.15) is 29.8 Å². The van der Waals surface area contributed by atoms with E-state index in [1.54, 1.807) is 13.8 Å². The van der Waals surface area contributed by atoms with Crippen molar-refractivity contribution in [2.24, 2.45) is 11.7 Å². The number of carbonyl (C=O) groups excluding carboxylic acids is 2. The molecule has 8 nitrogen and oxygen atoms in total. The first-order valence-electron chi connectivity index (χ1n) is 13.7. The molecule has 2 unspecified atom stereocenters. The molecule has 0 aliphatic rings. The number of nitrogens with one attached hydrogen (secondary N) is 1. The van der Waals surface area contributed by atoms with Gasteiger partial charge in [-0.15, -0.1) is 0 Å². The lowest BCUT2D eigenvalue weighted by Gasteiger charge is -2.22. The minimum atomic E-state index is -0.711. The maximum Gasteiger partial charge on any atom is 0.243 e. The first kappa shape index (κ1) is 29.1. The number of nitrogens with two attached hydrogens (primary N) is 1. The number of fused-ring (bicyclic) bond motifs is 1. The van der Waals surface area contributed by atoms with Crippen LogP contribution < -0.4 is 11.1 Å². The van der Waals surface area contributed by atoms with E-state index in [-0.39, 0.29) is 25.0 Å². The summed E-state index contributed by atoms with van der Waals surface area (Å²) in [6.07, 6.45) is 1.43. The molecule has 2 aromatic heterocycles. The fourth-order valence-corrected chi connectivity index (χ4v) is 5.14. The Balaban J connectivity index is 1.55. The van der Waals surface area contributed by atoms with Gasteiger partial charge >= 0.3 is 0 Å². The van der Waals surface area contributed by atoms with Crippen LogP contribution in [0.4, 0.5) is 0 Å². The predicted octanol–water partition coefficient (Wildman–Crippen LogP) is 6.08. The molecule has 4 aromatic rings. The zero-order valence-electron chi connectivity index (χ0n) is 24.2. The molecule has 8 heteroatoms. The Morgan fingerprint density at radius 2 is 1.80 bits per heavy atom. The van der Waals surface area contributed by atoms with Gasteiger partial charge < -0.3 is 24.7 Å². The molecule has 0 aliphatic carbocycles. The third-order valence-electron chi connectivity index (χ3n) is 7.13. The van der Waals surface area contributed by atoms with Crippen molar-refractivity contribution < 1.29 is 23.3 Å². The summed E-state index contributed by atoms with van der Waals surface area (Å²) in [5.41, 5.74) is 11.7. The maximum atomic E-state index is 13.2. The van der Waals surface area contributed by atoms with Gasteiger partial charge in [0.2, 0.25) is 11.8 Å². The third-order valence-corrected chi connectivity index (χ3v) is 7.13. The Morgan fingerprint density at radius 1 is 1.02 bits per heavy atom. The van der Waals surface area contributed by atoms with Crippen LogP contribution >= 0.6 is 0 Å². The standard InChI is InChI=1S/C32H39N3O5/c1-18(2)7-11-26(25-10-8-19(3)13-20(25)4)34-30(37)15-23-9-12-27-24(14-23)16-28(39-27)32(38-17-29(33)36)31-21(5)35-40-22(31)6/h8-10,12-14,16,18,26,32H,7,11,15,17H2,1-6H3,(H2,33,36)(H,34,37). The second-order valence-corrected chi connectivity index (χ2v) is 11.0. The summed E-state index contributed by atoms with van der Waals surface area (Å²) < 4.78 is 17.3. The number of aryl methyl sites for hydroxylation is 4. The number of primary amides is 1. The van der Waals surface area contributed by atoms with Crippen LogP contribution in [0.1, 0.15) is 83.9 Å². The fourth-order valence-electron chi connectivity index (χ4n) is 5.14. The molecule has 0 radical (unpaired) electrons. The van der Waals surface area contributed by atoms with Gasteiger partial charge in [-0.25, -0.2) is 0 Å². The molecular weight excluding hydrogens is 506 g/mol. The van der Waals surface area contributed by atoms with Crippen LogP contribution in [0.2, 0.25) is 0 Å². The third kappa shape index (κ3) is 6.99. The largest absolute Gasteiger partial charge is 0.458 e. The van der Waals surface area contributed by atoms with Gasteiger partial charge in [-0.2, -0.15) is 0 Å². The van der Waals surface area contributed by atoms with Gasteiger partial charge in [-0.3, -0.25) is 9.59 Å². The summed E-state index contributed by atoms with van der Waals surface area (Å²) in [5, 5.41) is 8.12. The van der Waals surface area contributed by atoms with Crippen molar-refractivity contribution in [2.45, 2.75) is 73.0 Å². The molecule has 3 N–H and O–H groups in total. The number of nitrogens with zero attached hydrogens (tertiary/aromatic N) is 1. The average Bonchev–Trinajstić information content (AvgIpc) is 3.44. The average molecular weight is 546 g/mol. The molecular formula is C32H39N3O5. The van der Waals surface area contributed by atoms with Crippen LogP contribution in [-0.2, 0) is 20.7 Å². The lowest BCUT2D eigenvalue weighted by atomic mass is 9.93. The van der Waals surface area contributed by atoms with Gasteiger partial charge in [-0.1, -0.05) is 48.8 Å². The zero-order chi connectivity index (χ0) is 29.0. The molecule has 2 atom stereocenters. The number of ether oxygens (including phenoxy) is 1. The van der Waals surface area contributed by atoms with Crippen LogP contribution in [0.15, 0.2) is 51.4 Å². The number of benzene rings is 2. The van der Waals surface area contributed by atoms with E-state index in [4.69, 9.17) is 19.4 Å².